The van der Waals surface area contributed by atoms with Crippen molar-refractivity contribution in [2.75, 3.05) is 31.2 Å². The van der Waals surface area contributed by atoms with E-state index in [1.54, 1.807) is 4.31 Å². The third-order valence-electron chi connectivity index (χ3n) is 4.94. The van der Waals surface area contributed by atoms with Gasteiger partial charge in [0.25, 0.3) is 0 Å². The summed E-state index contributed by atoms with van der Waals surface area (Å²) in [6, 6.07) is 9.77. The molecular weight excluding hydrogens is 384 g/mol. The number of halogens is 1. The van der Waals surface area contributed by atoms with Gasteiger partial charge in [-0.2, -0.15) is 0 Å². The van der Waals surface area contributed by atoms with Gasteiger partial charge in [-0.05, 0) is 25.2 Å². The van der Waals surface area contributed by atoms with Crippen LogP contribution in [0, 0.1) is 5.92 Å². The minimum atomic E-state index is -3.09. The van der Waals surface area contributed by atoms with Crippen LogP contribution in [0.5, 0.6) is 0 Å². The molecule has 1 N–H and O–H groups in total. The molecule has 146 valence electrons. The standard InChI is InChI=1S/C19H25ClN4O2S/c1-3-16-17(20)22-18(15-7-5-4-6-8-15)23-19(16)21-13-14-9-11-24(12-10-14)27(2,25)26/h4-8,14H,3,9-13H2,1-2H3,(H,21,22,23). The second-order valence-corrected chi connectivity index (χ2v) is 9.21. The van der Waals surface area contributed by atoms with Gasteiger partial charge >= 0.3 is 0 Å². The lowest BCUT2D eigenvalue weighted by molar-refractivity contribution is 0.283. The minimum Gasteiger partial charge on any atom is -0.369 e. The van der Waals surface area contributed by atoms with Crippen LogP contribution in [0.2, 0.25) is 5.15 Å². The van der Waals surface area contributed by atoms with Gasteiger partial charge in [-0.1, -0.05) is 48.9 Å². The van der Waals surface area contributed by atoms with Crippen molar-refractivity contribution in [2.24, 2.45) is 5.92 Å². The normalized spacial score (nSPS) is 16.4. The van der Waals surface area contributed by atoms with Crippen LogP contribution in [-0.4, -0.2) is 48.6 Å². The van der Waals surface area contributed by atoms with Crippen LogP contribution in [-0.2, 0) is 16.4 Å². The zero-order valence-corrected chi connectivity index (χ0v) is 17.2. The molecule has 1 fully saturated rings. The van der Waals surface area contributed by atoms with Crippen molar-refractivity contribution < 1.29 is 8.42 Å². The zero-order valence-electron chi connectivity index (χ0n) is 15.7. The van der Waals surface area contributed by atoms with Crippen molar-refractivity contribution in [2.45, 2.75) is 26.2 Å². The van der Waals surface area contributed by atoms with Gasteiger partial charge in [0.2, 0.25) is 10.0 Å². The van der Waals surface area contributed by atoms with E-state index in [2.05, 4.69) is 10.3 Å². The third kappa shape index (κ3) is 4.97. The molecule has 1 aliphatic heterocycles. The SMILES string of the molecule is CCc1c(Cl)nc(-c2ccccc2)nc1NCC1CCN(S(C)(=O)=O)CC1. The average Bonchev–Trinajstić information content (AvgIpc) is 2.66. The number of nitrogens with one attached hydrogen (secondary N) is 1. The Labute approximate surface area is 166 Å². The Morgan fingerprint density at radius 3 is 2.44 bits per heavy atom. The monoisotopic (exact) mass is 408 g/mol. The van der Waals surface area contributed by atoms with Gasteiger partial charge in [0.1, 0.15) is 11.0 Å². The Balaban J connectivity index is 1.72. The van der Waals surface area contributed by atoms with Crippen LogP contribution in [0.15, 0.2) is 30.3 Å². The lowest BCUT2D eigenvalue weighted by atomic mass is 9.98. The molecule has 0 radical (unpaired) electrons. The van der Waals surface area contributed by atoms with E-state index >= 15 is 0 Å². The molecule has 2 aromatic rings. The first-order valence-corrected chi connectivity index (χ1v) is 11.4. The van der Waals surface area contributed by atoms with Crippen molar-refractivity contribution in [3.05, 3.63) is 41.0 Å². The summed E-state index contributed by atoms with van der Waals surface area (Å²) in [6.07, 6.45) is 3.69. The van der Waals surface area contributed by atoms with Gasteiger partial charge in [-0.15, -0.1) is 0 Å². The number of rotatable bonds is 6. The Bertz CT molecular complexity index is 882. The van der Waals surface area contributed by atoms with E-state index in [0.29, 0.717) is 30.0 Å². The smallest absolute Gasteiger partial charge is 0.211 e. The van der Waals surface area contributed by atoms with Crippen LogP contribution in [0.1, 0.15) is 25.3 Å². The molecule has 8 heteroatoms. The largest absolute Gasteiger partial charge is 0.369 e. The summed E-state index contributed by atoms with van der Waals surface area (Å²) in [4.78, 5) is 9.15. The van der Waals surface area contributed by atoms with Crippen LogP contribution in [0.25, 0.3) is 11.4 Å². The first-order valence-electron chi connectivity index (χ1n) is 9.19. The fourth-order valence-corrected chi connectivity index (χ4v) is 4.50. The highest BCUT2D eigenvalue weighted by Gasteiger charge is 2.25. The summed E-state index contributed by atoms with van der Waals surface area (Å²) in [7, 11) is -3.09. The van der Waals surface area contributed by atoms with E-state index in [9.17, 15) is 8.42 Å². The molecule has 1 aromatic heterocycles. The lowest BCUT2D eigenvalue weighted by Gasteiger charge is -2.30. The predicted octanol–water partition coefficient (Wildman–Crippen LogP) is 3.44. The first-order chi connectivity index (χ1) is 12.9. The summed E-state index contributed by atoms with van der Waals surface area (Å²) >= 11 is 6.41. The van der Waals surface area contributed by atoms with Crippen molar-refractivity contribution in [3.63, 3.8) is 0 Å². The Hall–Kier alpha value is -1.70. The third-order valence-corrected chi connectivity index (χ3v) is 6.56. The van der Waals surface area contributed by atoms with Crippen molar-refractivity contribution in [3.8, 4) is 11.4 Å². The molecule has 2 heterocycles. The molecule has 3 rings (SSSR count). The number of anilines is 1. The molecule has 0 spiro atoms. The van der Waals surface area contributed by atoms with E-state index in [0.717, 1.165) is 42.8 Å². The molecule has 0 saturated carbocycles. The molecule has 0 bridgehead atoms. The van der Waals surface area contributed by atoms with E-state index in [1.165, 1.54) is 6.26 Å². The van der Waals surface area contributed by atoms with Crippen molar-refractivity contribution in [1.29, 1.82) is 0 Å². The van der Waals surface area contributed by atoms with E-state index in [4.69, 9.17) is 16.6 Å². The predicted molar refractivity (Wildman–Crippen MR) is 109 cm³/mol. The number of hydrogen-bond acceptors (Lipinski definition) is 5. The van der Waals surface area contributed by atoms with Crippen LogP contribution < -0.4 is 5.32 Å². The van der Waals surface area contributed by atoms with Gasteiger partial charge in [0, 0.05) is 30.8 Å². The highest BCUT2D eigenvalue weighted by molar-refractivity contribution is 7.88. The van der Waals surface area contributed by atoms with Crippen molar-refractivity contribution in [1.82, 2.24) is 14.3 Å². The molecular formula is C19H25ClN4O2S. The van der Waals surface area contributed by atoms with E-state index in [-0.39, 0.29) is 0 Å². The molecule has 1 saturated heterocycles. The molecule has 1 aliphatic rings. The maximum absolute atomic E-state index is 11.6. The lowest BCUT2D eigenvalue weighted by Crippen LogP contribution is -2.39. The van der Waals surface area contributed by atoms with E-state index in [1.807, 2.05) is 37.3 Å². The van der Waals surface area contributed by atoms with Crippen LogP contribution in [0.3, 0.4) is 0 Å². The van der Waals surface area contributed by atoms with Crippen molar-refractivity contribution >= 4 is 27.4 Å². The van der Waals surface area contributed by atoms with Crippen LogP contribution in [0.4, 0.5) is 5.82 Å². The quantitative estimate of drug-likeness (QED) is 0.741. The van der Waals surface area contributed by atoms with Gasteiger partial charge in [-0.25, -0.2) is 22.7 Å². The summed E-state index contributed by atoms with van der Waals surface area (Å²) in [6.45, 7) is 3.92. The number of nitrogens with zero attached hydrogens (tertiary/aromatic N) is 3. The maximum atomic E-state index is 11.6. The Morgan fingerprint density at radius 2 is 1.85 bits per heavy atom. The highest BCUT2D eigenvalue weighted by atomic mass is 35.5. The fraction of sp³-hybridized carbons (Fsp3) is 0.474. The van der Waals surface area contributed by atoms with E-state index < -0.39 is 10.0 Å². The molecule has 0 atom stereocenters. The zero-order chi connectivity index (χ0) is 19.4. The molecule has 0 amide bonds. The minimum absolute atomic E-state index is 0.404. The van der Waals surface area contributed by atoms with Gasteiger partial charge in [0.05, 0.1) is 6.26 Å². The Morgan fingerprint density at radius 1 is 1.19 bits per heavy atom. The average molecular weight is 409 g/mol. The second kappa shape index (κ2) is 8.54. The van der Waals surface area contributed by atoms with Crippen LogP contribution >= 0.6 is 11.6 Å². The Kier molecular flexibility index (Phi) is 6.34. The molecule has 6 nitrogen and oxygen atoms in total. The van der Waals surface area contributed by atoms with Gasteiger partial charge in [0.15, 0.2) is 5.82 Å². The molecule has 1 aromatic carbocycles. The highest BCUT2D eigenvalue weighted by Crippen LogP contribution is 2.27. The summed E-state index contributed by atoms with van der Waals surface area (Å²) in [5.74, 6) is 1.77. The summed E-state index contributed by atoms with van der Waals surface area (Å²) in [5.41, 5.74) is 1.83. The molecule has 27 heavy (non-hydrogen) atoms. The summed E-state index contributed by atoms with van der Waals surface area (Å²) in [5, 5.41) is 3.91. The molecule has 0 aliphatic carbocycles. The topological polar surface area (TPSA) is 75.2 Å². The second-order valence-electron chi connectivity index (χ2n) is 6.87. The number of benzene rings is 1. The number of aromatic nitrogens is 2. The number of piperidine rings is 1. The summed E-state index contributed by atoms with van der Waals surface area (Å²) < 4.78 is 24.8. The number of sulfonamides is 1. The van der Waals surface area contributed by atoms with Gasteiger partial charge < -0.3 is 5.32 Å². The number of hydrogen-bond donors (Lipinski definition) is 1. The first kappa shape index (κ1) is 20.0. The molecule has 0 unspecified atom stereocenters. The maximum Gasteiger partial charge on any atom is 0.211 e. The fourth-order valence-electron chi connectivity index (χ4n) is 3.32. The van der Waals surface area contributed by atoms with Gasteiger partial charge in [-0.3, -0.25) is 0 Å².